The van der Waals surface area contributed by atoms with Crippen LogP contribution in [0, 0.1) is 5.92 Å². The van der Waals surface area contributed by atoms with E-state index in [1.54, 1.807) is 0 Å². The lowest BCUT2D eigenvalue weighted by Crippen LogP contribution is -2.53. The minimum Gasteiger partial charge on any atom is -0.396 e. The van der Waals surface area contributed by atoms with Crippen LogP contribution in [0.5, 0.6) is 0 Å². The molecule has 2 aliphatic rings. The van der Waals surface area contributed by atoms with Crippen LogP contribution in [0.4, 0.5) is 0 Å². The van der Waals surface area contributed by atoms with Crippen LogP contribution < -0.4 is 0 Å². The third-order valence-corrected chi connectivity index (χ3v) is 5.60. The van der Waals surface area contributed by atoms with E-state index in [1.165, 1.54) is 4.31 Å². The highest BCUT2D eigenvalue weighted by molar-refractivity contribution is 7.89. The maximum absolute atomic E-state index is 11.9. The molecular weight excluding hydrogens is 202 g/mol. The lowest BCUT2D eigenvalue weighted by Gasteiger charge is -2.38. The average Bonchev–Trinajstić information content (AvgIpc) is 2.53. The van der Waals surface area contributed by atoms with Crippen LogP contribution in [0.25, 0.3) is 0 Å². The number of rotatable bonds is 3. The summed E-state index contributed by atoms with van der Waals surface area (Å²) >= 11 is 0. The van der Waals surface area contributed by atoms with Gasteiger partial charge in [-0.1, -0.05) is 12.8 Å². The summed E-state index contributed by atoms with van der Waals surface area (Å²) in [5.74, 6) is 0.172. The zero-order chi connectivity index (χ0) is 10.2. The average molecular weight is 219 g/mol. The molecule has 0 unspecified atom stereocenters. The van der Waals surface area contributed by atoms with Crippen molar-refractivity contribution in [2.45, 2.75) is 30.9 Å². The first-order valence-electron chi connectivity index (χ1n) is 5.24. The van der Waals surface area contributed by atoms with Crippen molar-refractivity contribution >= 4 is 10.0 Å². The fourth-order valence-electron chi connectivity index (χ4n) is 2.24. The molecule has 1 saturated heterocycles. The van der Waals surface area contributed by atoms with E-state index < -0.39 is 10.0 Å². The first-order chi connectivity index (χ1) is 6.64. The topological polar surface area (TPSA) is 57.6 Å². The van der Waals surface area contributed by atoms with Crippen molar-refractivity contribution in [3.63, 3.8) is 0 Å². The van der Waals surface area contributed by atoms with Crippen molar-refractivity contribution in [1.82, 2.24) is 4.31 Å². The largest absolute Gasteiger partial charge is 0.396 e. The third kappa shape index (κ3) is 1.68. The van der Waals surface area contributed by atoms with Gasteiger partial charge in [0.1, 0.15) is 0 Å². The van der Waals surface area contributed by atoms with Gasteiger partial charge in [0.05, 0.1) is 5.25 Å². The molecule has 0 radical (unpaired) electrons. The molecule has 5 heteroatoms. The van der Waals surface area contributed by atoms with Gasteiger partial charge >= 0.3 is 0 Å². The summed E-state index contributed by atoms with van der Waals surface area (Å²) in [5.41, 5.74) is 0. The van der Waals surface area contributed by atoms with Crippen molar-refractivity contribution < 1.29 is 13.5 Å². The number of aliphatic hydroxyl groups excluding tert-OH is 1. The van der Waals surface area contributed by atoms with Crippen LogP contribution in [-0.4, -0.2) is 42.8 Å². The highest BCUT2D eigenvalue weighted by Gasteiger charge is 2.40. The van der Waals surface area contributed by atoms with Crippen molar-refractivity contribution in [2.24, 2.45) is 5.92 Å². The van der Waals surface area contributed by atoms with E-state index in [1.807, 2.05) is 0 Å². The molecule has 14 heavy (non-hydrogen) atoms. The number of sulfonamides is 1. The molecule has 1 heterocycles. The smallest absolute Gasteiger partial charge is 0.217 e. The van der Waals surface area contributed by atoms with Gasteiger partial charge in [-0.25, -0.2) is 12.7 Å². The van der Waals surface area contributed by atoms with Gasteiger partial charge in [0.15, 0.2) is 0 Å². The van der Waals surface area contributed by atoms with Crippen molar-refractivity contribution in [1.29, 1.82) is 0 Å². The Bertz CT molecular complexity index is 289. The van der Waals surface area contributed by atoms with Gasteiger partial charge in [0.2, 0.25) is 10.0 Å². The molecule has 0 aromatic heterocycles. The summed E-state index contributed by atoms with van der Waals surface area (Å²) in [6, 6.07) is 0. The van der Waals surface area contributed by atoms with Gasteiger partial charge in [0.25, 0.3) is 0 Å². The normalized spacial score (nSPS) is 26.6. The molecule has 82 valence electrons. The second kappa shape index (κ2) is 3.79. The first kappa shape index (κ1) is 10.4. The maximum atomic E-state index is 11.9. The Morgan fingerprint density at radius 2 is 1.79 bits per heavy atom. The zero-order valence-electron chi connectivity index (χ0n) is 8.22. The summed E-state index contributed by atoms with van der Waals surface area (Å²) in [5, 5.41) is 8.68. The predicted molar refractivity (Wildman–Crippen MR) is 53.3 cm³/mol. The van der Waals surface area contributed by atoms with Crippen molar-refractivity contribution in [2.75, 3.05) is 19.7 Å². The lowest BCUT2D eigenvalue weighted by molar-refractivity contribution is 0.116. The molecule has 2 fully saturated rings. The molecule has 0 aromatic carbocycles. The number of hydrogen-bond acceptors (Lipinski definition) is 3. The predicted octanol–water partition coefficient (Wildman–Crippen LogP) is 0.183. The number of nitrogens with zero attached hydrogens (tertiary/aromatic N) is 1. The molecular formula is C9H17NO3S. The third-order valence-electron chi connectivity index (χ3n) is 3.27. The second-order valence-corrected chi connectivity index (χ2v) is 6.53. The van der Waals surface area contributed by atoms with Crippen LogP contribution in [0.1, 0.15) is 25.7 Å². The monoisotopic (exact) mass is 219 g/mol. The Morgan fingerprint density at radius 1 is 1.21 bits per heavy atom. The molecule has 0 atom stereocenters. The van der Waals surface area contributed by atoms with E-state index >= 15 is 0 Å². The quantitative estimate of drug-likeness (QED) is 0.737. The Balaban J connectivity index is 1.96. The standard InChI is InChI=1S/C9H17NO3S/c11-7-8-5-10(6-8)14(12,13)9-3-1-2-4-9/h8-9,11H,1-7H2. The molecule has 0 spiro atoms. The van der Waals surface area contributed by atoms with Gasteiger partial charge in [-0.05, 0) is 12.8 Å². The van der Waals surface area contributed by atoms with E-state index in [0.717, 1.165) is 25.7 Å². The Kier molecular flexibility index (Phi) is 2.81. The van der Waals surface area contributed by atoms with Crippen LogP contribution >= 0.6 is 0 Å². The summed E-state index contributed by atoms with van der Waals surface area (Å²) < 4.78 is 25.4. The van der Waals surface area contributed by atoms with E-state index in [2.05, 4.69) is 0 Å². The molecule has 2 rings (SSSR count). The van der Waals surface area contributed by atoms with Gasteiger partial charge in [-0.2, -0.15) is 0 Å². The van der Waals surface area contributed by atoms with Crippen LogP contribution in [-0.2, 0) is 10.0 Å². The van der Waals surface area contributed by atoms with Crippen LogP contribution in [0.3, 0.4) is 0 Å². The molecule has 0 bridgehead atoms. The van der Waals surface area contributed by atoms with E-state index in [0.29, 0.717) is 13.1 Å². The molecule has 1 aliphatic carbocycles. The molecule has 0 amide bonds. The molecule has 1 saturated carbocycles. The van der Waals surface area contributed by atoms with E-state index in [-0.39, 0.29) is 17.8 Å². The van der Waals surface area contributed by atoms with Gasteiger partial charge < -0.3 is 5.11 Å². The highest BCUT2D eigenvalue weighted by atomic mass is 32.2. The summed E-state index contributed by atoms with van der Waals surface area (Å²) in [6.45, 7) is 1.15. The fourth-order valence-corrected chi connectivity index (χ4v) is 4.43. The summed E-state index contributed by atoms with van der Waals surface area (Å²) in [7, 11) is -3.02. The van der Waals surface area contributed by atoms with Gasteiger partial charge in [-0.15, -0.1) is 0 Å². The van der Waals surface area contributed by atoms with Gasteiger partial charge in [-0.3, -0.25) is 0 Å². The van der Waals surface area contributed by atoms with Gasteiger partial charge in [0, 0.05) is 25.6 Å². The molecule has 0 aromatic rings. The fraction of sp³-hybridized carbons (Fsp3) is 1.00. The van der Waals surface area contributed by atoms with Crippen molar-refractivity contribution in [3.8, 4) is 0 Å². The zero-order valence-corrected chi connectivity index (χ0v) is 9.04. The molecule has 4 nitrogen and oxygen atoms in total. The molecule has 1 N–H and O–H groups in total. The summed E-state index contributed by atoms with van der Waals surface area (Å²) in [6.07, 6.45) is 3.73. The van der Waals surface area contributed by atoms with E-state index in [4.69, 9.17) is 5.11 Å². The maximum Gasteiger partial charge on any atom is 0.217 e. The SMILES string of the molecule is O=S(=O)(C1CCCC1)N1CC(CO)C1. The van der Waals surface area contributed by atoms with E-state index in [9.17, 15) is 8.42 Å². The van der Waals surface area contributed by atoms with Crippen LogP contribution in [0.15, 0.2) is 0 Å². The highest BCUT2D eigenvalue weighted by Crippen LogP contribution is 2.30. The first-order valence-corrected chi connectivity index (χ1v) is 6.74. The minimum absolute atomic E-state index is 0.108. The minimum atomic E-state index is -3.02. The van der Waals surface area contributed by atoms with Crippen LogP contribution in [0.2, 0.25) is 0 Å². The number of hydrogen-bond donors (Lipinski definition) is 1. The number of aliphatic hydroxyl groups is 1. The Labute approximate surface area is 85.0 Å². The Morgan fingerprint density at radius 3 is 2.29 bits per heavy atom. The summed E-state index contributed by atoms with van der Waals surface area (Å²) in [4.78, 5) is 0. The second-order valence-electron chi connectivity index (χ2n) is 4.32. The lowest BCUT2D eigenvalue weighted by atomic mass is 10.1. The van der Waals surface area contributed by atoms with Crippen molar-refractivity contribution in [3.05, 3.63) is 0 Å². The molecule has 1 aliphatic heterocycles. The Hall–Kier alpha value is -0.130.